The molecular weight excluding hydrogens is 291 g/mol. The Kier molecular flexibility index (Phi) is 2.93. The van der Waals surface area contributed by atoms with Gasteiger partial charge in [-0.2, -0.15) is 13.2 Å². The zero-order valence-electron chi connectivity index (χ0n) is 10.3. The average Bonchev–Trinajstić information content (AvgIpc) is 2.83. The van der Waals surface area contributed by atoms with E-state index in [-0.39, 0.29) is 16.9 Å². The highest BCUT2D eigenvalue weighted by atomic mass is 19.4. The number of benzene rings is 1. The molecule has 0 aliphatic carbocycles. The highest BCUT2D eigenvalue weighted by Gasteiger charge is 2.30. The van der Waals surface area contributed by atoms with Gasteiger partial charge in [0, 0.05) is 18.0 Å². The second-order valence-corrected chi connectivity index (χ2v) is 4.43. The van der Waals surface area contributed by atoms with Gasteiger partial charge in [0.15, 0.2) is 0 Å². The number of hydrogen-bond donors (Lipinski definition) is 0. The van der Waals surface area contributed by atoms with Crippen LogP contribution in [0.15, 0.2) is 42.7 Å². The summed E-state index contributed by atoms with van der Waals surface area (Å²) in [5, 5.41) is 0. The van der Waals surface area contributed by atoms with Crippen molar-refractivity contribution in [1.29, 1.82) is 0 Å². The number of aromatic nitrogens is 2. The van der Waals surface area contributed by atoms with Crippen molar-refractivity contribution in [1.82, 2.24) is 9.38 Å². The van der Waals surface area contributed by atoms with Gasteiger partial charge in [-0.15, -0.1) is 0 Å². The Hall–Kier alpha value is -2.44. The Bertz CT molecular complexity index is 820. The van der Waals surface area contributed by atoms with Crippen molar-refractivity contribution in [3.63, 3.8) is 0 Å². The number of hydrogen-bond acceptors (Lipinski definition) is 1. The van der Waals surface area contributed by atoms with E-state index in [1.165, 1.54) is 12.3 Å². The summed E-state index contributed by atoms with van der Waals surface area (Å²) in [6.07, 6.45) is -2.41. The molecule has 0 saturated heterocycles. The molecule has 0 fully saturated rings. The summed E-state index contributed by atoms with van der Waals surface area (Å²) in [6.45, 7) is 0. The summed E-state index contributed by atoms with van der Waals surface area (Å²) in [4.78, 5) is 4.00. The lowest BCUT2D eigenvalue weighted by Gasteiger charge is -2.05. The molecule has 2 nitrogen and oxygen atoms in total. The third-order valence-corrected chi connectivity index (χ3v) is 2.98. The lowest BCUT2D eigenvalue weighted by atomic mass is 10.1. The molecule has 0 saturated carbocycles. The van der Waals surface area contributed by atoms with Crippen LogP contribution in [-0.2, 0) is 6.18 Å². The van der Waals surface area contributed by atoms with E-state index < -0.39 is 23.4 Å². The highest BCUT2D eigenvalue weighted by Crippen LogP contribution is 2.30. The lowest BCUT2D eigenvalue weighted by molar-refractivity contribution is -0.137. The minimum atomic E-state index is -4.48. The SMILES string of the molecule is Fc1ccc(F)c(-c2cn3cc(C(F)(F)F)ccc3n2)c1. The van der Waals surface area contributed by atoms with Gasteiger partial charge in [-0.3, -0.25) is 0 Å². The molecule has 0 unspecified atom stereocenters. The van der Waals surface area contributed by atoms with E-state index in [0.29, 0.717) is 0 Å². The molecule has 2 heterocycles. The Labute approximate surface area is 115 Å². The van der Waals surface area contributed by atoms with Crippen LogP contribution in [0.3, 0.4) is 0 Å². The Morgan fingerprint density at radius 2 is 1.71 bits per heavy atom. The first-order chi connectivity index (χ1) is 9.84. The molecule has 3 rings (SSSR count). The fourth-order valence-electron chi connectivity index (χ4n) is 1.98. The fraction of sp³-hybridized carbons (Fsp3) is 0.0714. The monoisotopic (exact) mass is 298 g/mol. The van der Waals surface area contributed by atoms with Crippen molar-refractivity contribution in [3.05, 3.63) is 59.9 Å². The fourth-order valence-corrected chi connectivity index (χ4v) is 1.98. The van der Waals surface area contributed by atoms with Crippen LogP contribution in [0, 0.1) is 11.6 Å². The molecule has 0 aliphatic rings. The van der Waals surface area contributed by atoms with Gasteiger partial charge < -0.3 is 4.40 Å². The molecule has 0 atom stereocenters. The topological polar surface area (TPSA) is 17.3 Å². The van der Waals surface area contributed by atoms with Crippen molar-refractivity contribution >= 4 is 5.65 Å². The van der Waals surface area contributed by atoms with Gasteiger partial charge in [-0.25, -0.2) is 13.8 Å². The molecular formula is C14H7F5N2. The van der Waals surface area contributed by atoms with Crippen molar-refractivity contribution in [3.8, 4) is 11.3 Å². The maximum absolute atomic E-state index is 13.7. The van der Waals surface area contributed by atoms with Crippen LogP contribution in [0.1, 0.15) is 5.56 Å². The highest BCUT2D eigenvalue weighted by molar-refractivity contribution is 5.63. The molecule has 2 aromatic heterocycles. The van der Waals surface area contributed by atoms with Gasteiger partial charge in [0.1, 0.15) is 17.3 Å². The van der Waals surface area contributed by atoms with E-state index in [1.54, 1.807) is 0 Å². The van der Waals surface area contributed by atoms with E-state index in [2.05, 4.69) is 4.98 Å². The zero-order valence-corrected chi connectivity index (χ0v) is 10.3. The number of fused-ring (bicyclic) bond motifs is 1. The number of halogens is 5. The molecule has 0 aliphatic heterocycles. The van der Waals surface area contributed by atoms with Crippen LogP contribution in [0.25, 0.3) is 16.9 Å². The summed E-state index contributed by atoms with van der Waals surface area (Å²) in [5.74, 6) is -1.35. The van der Waals surface area contributed by atoms with Crippen LogP contribution in [0.2, 0.25) is 0 Å². The minimum Gasteiger partial charge on any atom is -0.306 e. The van der Waals surface area contributed by atoms with Crippen molar-refractivity contribution in [2.24, 2.45) is 0 Å². The number of imidazole rings is 1. The van der Waals surface area contributed by atoms with Crippen LogP contribution in [0.4, 0.5) is 22.0 Å². The number of nitrogens with zero attached hydrogens (tertiary/aromatic N) is 2. The molecule has 0 spiro atoms. The number of pyridine rings is 1. The molecule has 0 bridgehead atoms. The number of rotatable bonds is 1. The summed E-state index contributed by atoms with van der Waals surface area (Å²) >= 11 is 0. The average molecular weight is 298 g/mol. The summed E-state index contributed by atoms with van der Waals surface area (Å²) in [7, 11) is 0. The normalized spacial score (nSPS) is 12.0. The second-order valence-electron chi connectivity index (χ2n) is 4.43. The van der Waals surface area contributed by atoms with E-state index in [1.807, 2.05) is 0 Å². The molecule has 0 N–H and O–H groups in total. The second kappa shape index (κ2) is 4.54. The van der Waals surface area contributed by atoms with Crippen LogP contribution in [-0.4, -0.2) is 9.38 Å². The Morgan fingerprint density at radius 3 is 2.43 bits per heavy atom. The maximum atomic E-state index is 13.7. The molecule has 7 heteroatoms. The third-order valence-electron chi connectivity index (χ3n) is 2.98. The molecule has 0 radical (unpaired) electrons. The van der Waals surface area contributed by atoms with Gasteiger partial charge in [0.25, 0.3) is 0 Å². The van der Waals surface area contributed by atoms with Gasteiger partial charge in [-0.1, -0.05) is 0 Å². The van der Waals surface area contributed by atoms with Gasteiger partial charge >= 0.3 is 6.18 Å². The molecule has 0 amide bonds. The molecule has 3 aromatic rings. The van der Waals surface area contributed by atoms with Crippen molar-refractivity contribution in [2.45, 2.75) is 6.18 Å². The van der Waals surface area contributed by atoms with E-state index in [4.69, 9.17) is 0 Å². The first kappa shape index (κ1) is 13.5. The Balaban J connectivity index is 2.15. The van der Waals surface area contributed by atoms with Crippen LogP contribution in [0.5, 0.6) is 0 Å². The lowest BCUT2D eigenvalue weighted by Crippen LogP contribution is -2.05. The van der Waals surface area contributed by atoms with Crippen molar-refractivity contribution in [2.75, 3.05) is 0 Å². The van der Waals surface area contributed by atoms with E-state index >= 15 is 0 Å². The maximum Gasteiger partial charge on any atom is 0.417 e. The number of alkyl halides is 3. The first-order valence-electron chi connectivity index (χ1n) is 5.86. The van der Waals surface area contributed by atoms with Gasteiger partial charge in [0.05, 0.1) is 11.3 Å². The van der Waals surface area contributed by atoms with Crippen molar-refractivity contribution < 1.29 is 22.0 Å². The summed E-state index contributed by atoms with van der Waals surface area (Å²) in [6, 6.07) is 4.89. The van der Waals surface area contributed by atoms with E-state index in [0.717, 1.165) is 34.9 Å². The summed E-state index contributed by atoms with van der Waals surface area (Å²) in [5.41, 5.74) is -0.682. The largest absolute Gasteiger partial charge is 0.417 e. The third kappa shape index (κ3) is 2.46. The molecule has 21 heavy (non-hydrogen) atoms. The smallest absolute Gasteiger partial charge is 0.306 e. The predicted molar refractivity (Wildman–Crippen MR) is 65.5 cm³/mol. The minimum absolute atomic E-state index is 0.0614. The van der Waals surface area contributed by atoms with Crippen LogP contribution < -0.4 is 0 Å². The quantitative estimate of drug-likeness (QED) is 0.612. The zero-order chi connectivity index (χ0) is 15.2. The van der Waals surface area contributed by atoms with Crippen LogP contribution >= 0.6 is 0 Å². The standard InChI is InChI=1S/C14H7F5N2/c15-9-2-3-11(16)10(5-9)12-7-21-6-8(14(17,18)19)1-4-13(21)20-12/h1-7H. The van der Waals surface area contributed by atoms with E-state index in [9.17, 15) is 22.0 Å². The molecule has 1 aromatic carbocycles. The predicted octanol–water partition coefficient (Wildman–Crippen LogP) is 4.30. The Morgan fingerprint density at radius 1 is 0.952 bits per heavy atom. The van der Waals surface area contributed by atoms with Gasteiger partial charge in [0.2, 0.25) is 0 Å². The van der Waals surface area contributed by atoms with Gasteiger partial charge in [-0.05, 0) is 30.3 Å². The summed E-state index contributed by atoms with van der Waals surface area (Å²) < 4.78 is 65.8. The molecule has 108 valence electrons. The first-order valence-corrected chi connectivity index (χ1v) is 5.86.